The first-order valence-corrected chi connectivity index (χ1v) is 3.91. The molecule has 0 bridgehead atoms. The van der Waals surface area contributed by atoms with Crippen LogP contribution in [0.3, 0.4) is 0 Å². The maximum absolute atomic E-state index is 12.3. The normalized spacial score (nSPS) is 12.9. The van der Waals surface area contributed by atoms with Gasteiger partial charge in [0.25, 0.3) is 0 Å². The van der Waals surface area contributed by atoms with Gasteiger partial charge in [-0.25, -0.2) is 0 Å². The first kappa shape index (κ1) is 8.25. The Morgan fingerprint density at radius 3 is 2.82 bits per heavy atom. The minimum atomic E-state index is -0.281. The van der Waals surface area contributed by atoms with Gasteiger partial charge in [0.15, 0.2) is 0 Å². The van der Waals surface area contributed by atoms with E-state index in [2.05, 4.69) is 6.07 Å². The smallest absolute Gasteiger partial charge is 0.0963 e. The number of hydrogen-bond acceptors (Lipinski definition) is 0. The van der Waals surface area contributed by atoms with E-state index >= 15 is 0 Å². The summed E-state index contributed by atoms with van der Waals surface area (Å²) in [4.78, 5) is 0. The maximum Gasteiger partial charge on any atom is 0.0963 e. The monoisotopic (exact) mass is 151 g/mol. The molecule has 1 aromatic rings. The number of halogens is 1. The van der Waals surface area contributed by atoms with Crippen molar-refractivity contribution in [2.75, 3.05) is 6.67 Å². The molecule has 1 unspecified atom stereocenters. The van der Waals surface area contributed by atoms with Crippen LogP contribution in [0.1, 0.15) is 24.8 Å². The van der Waals surface area contributed by atoms with Gasteiger partial charge in [-0.15, -0.1) is 0 Å². The Morgan fingerprint density at radius 2 is 2.36 bits per heavy atom. The molecule has 11 heavy (non-hydrogen) atoms. The van der Waals surface area contributed by atoms with Crippen molar-refractivity contribution in [1.29, 1.82) is 0 Å². The Morgan fingerprint density at radius 1 is 1.55 bits per heavy atom. The Balaban J connectivity index is 2.74. The van der Waals surface area contributed by atoms with Gasteiger partial charge in [0.1, 0.15) is 0 Å². The first-order valence-electron chi connectivity index (χ1n) is 3.91. The predicted molar refractivity (Wildman–Crippen MR) is 44.3 cm³/mol. The summed E-state index contributed by atoms with van der Waals surface area (Å²) in [5, 5.41) is 0. The minimum Gasteiger partial charge on any atom is -0.250 e. The molecule has 0 N–H and O–H groups in total. The SMILES string of the molecule is CCC(CF)c1[c]cccc1. The van der Waals surface area contributed by atoms with Crippen LogP contribution in [-0.4, -0.2) is 6.67 Å². The van der Waals surface area contributed by atoms with Crippen molar-refractivity contribution in [2.24, 2.45) is 0 Å². The van der Waals surface area contributed by atoms with E-state index in [9.17, 15) is 4.39 Å². The van der Waals surface area contributed by atoms with Crippen molar-refractivity contribution in [1.82, 2.24) is 0 Å². The van der Waals surface area contributed by atoms with Gasteiger partial charge in [-0.3, -0.25) is 4.39 Å². The quantitative estimate of drug-likeness (QED) is 0.623. The predicted octanol–water partition coefficient (Wildman–Crippen LogP) is 2.95. The molecule has 0 heterocycles. The second kappa shape index (κ2) is 4.12. The van der Waals surface area contributed by atoms with Crippen LogP contribution in [0.2, 0.25) is 0 Å². The van der Waals surface area contributed by atoms with Crippen molar-refractivity contribution in [3.8, 4) is 0 Å². The molecular formula is C10H12F. The van der Waals surface area contributed by atoms with Gasteiger partial charge < -0.3 is 0 Å². The van der Waals surface area contributed by atoms with Crippen molar-refractivity contribution in [3.05, 3.63) is 35.9 Å². The van der Waals surface area contributed by atoms with Crippen LogP contribution in [0, 0.1) is 6.07 Å². The molecule has 1 heteroatoms. The lowest BCUT2D eigenvalue weighted by Crippen LogP contribution is -1.98. The third-order valence-corrected chi connectivity index (χ3v) is 1.85. The minimum absolute atomic E-state index is 0.0381. The fourth-order valence-corrected chi connectivity index (χ4v) is 1.07. The average molecular weight is 151 g/mol. The molecule has 0 nitrogen and oxygen atoms in total. The van der Waals surface area contributed by atoms with Crippen LogP contribution in [0.15, 0.2) is 24.3 Å². The van der Waals surface area contributed by atoms with Crippen LogP contribution < -0.4 is 0 Å². The summed E-state index contributed by atoms with van der Waals surface area (Å²) < 4.78 is 12.3. The summed E-state index contributed by atoms with van der Waals surface area (Å²) in [5.74, 6) is 0.0381. The largest absolute Gasteiger partial charge is 0.250 e. The highest BCUT2D eigenvalue weighted by atomic mass is 19.1. The molecule has 1 rings (SSSR count). The lowest BCUT2D eigenvalue weighted by molar-refractivity contribution is 0.423. The van der Waals surface area contributed by atoms with Crippen molar-refractivity contribution in [3.63, 3.8) is 0 Å². The summed E-state index contributed by atoms with van der Waals surface area (Å²) in [6.07, 6.45) is 0.844. The molecule has 0 aliphatic rings. The maximum atomic E-state index is 12.3. The van der Waals surface area contributed by atoms with Gasteiger partial charge in [0.05, 0.1) is 6.67 Å². The third-order valence-electron chi connectivity index (χ3n) is 1.85. The number of benzene rings is 1. The van der Waals surface area contributed by atoms with Crippen LogP contribution >= 0.6 is 0 Å². The Kier molecular flexibility index (Phi) is 3.09. The number of hydrogen-bond donors (Lipinski definition) is 0. The molecular weight excluding hydrogens is 139 g/mol. The Bertz CT molecular complexity index is 189. The van der Waals surface area contributed by atoms with Crippen LogP contribution in [0.4, 0.5) is 4.39 Å². The summed E-state index contributed by atoms with van der Waals surface area (Å²) >= 11 is 0. The highest BCUT2D eigenvalue weighted by Gasteiger charge is 2.06. The first-order chi connectivity index (χ1) is 5.38. The van der Waals surface area contributed by atoms with E-state index in [0.29, 0.717) is 0 Å². The molecule has 0 aliphatic heterocycles. The molecule has 0 spiro atoms. The van der Waals surface area contributed by atoms with E-state index in [-0.39, 0.29) is 12.6 Å². The van der Waals surface area contributed by atoms with Crippen LogP contribution in [0.5, 0.6) is 0 Å². The van der Waals surface area contributed by atoms with Crippen molar-refractivity contribution in [2.45, 2.75) is 19.3 Å². The van der Waals surface area contributed by atoms with Crippen molar-refractivity contribution < 1.29 is 4.39 Å². The van der Waals surface area contributed by atoms with Crippen LogP contribution in [0.25, 0.3) is 0 Å². The van der Waals surface area contributed by atoms with E-state index < -0.39 is 0 Å². The molecule has 1 atom stereocenters. The zero-order valence-electron chi connectivity index (χ0n) is 6.68. The number of rotatable bonds is 3. The molecule has 1 radical (unpaired) electrons. The lowest BCUT2D eigenvalue weighted by Gasteiger charge is -2.08. The Labute approximate surface area is 67.1 Å². The van der Waals surface area contributed by atoms with Gasteiger partial charge >= 0.3 is 0 Å². The van der Waals surface area contributed by atoms with Gasteiger partial charge in [-0.05, 0) is 18.1 Å². The summed E-state index contributed by atoms with van der Waals surface area (Å²) in [6, 6.07) is 10.6. The van der Waals surface area contributed by atoms with Crippen LogP contribution in [-0.2, 0) is 0 Å². The summed E-state index contributed by atoms with van der Waals surface area (Å²) in [7, 11) is 0. The third kappa shape index (κ3) is 2.04. The molecule has 0 aliphatic carbocycles. The van der Waals surface area contributed by atoms with Gasteiger partial charge in [0, 0.05) is 5.92 Å². The topological polar surface area (TPSA) is 0 Å². The lowest BCUT2D eigenvalue weighted by atomic mass is 9.98. The number of alkyl halides is 1. The fraction of sp³-hybridized carbons (Fsp3) is 0.400. The van der Waals surface area contributed by atoms with E-state index in [1.54, 1.807) is 0 Å². The van der Waals surface area contributed by atoms with E-state index in [0.717, 1.165) is 12.0 Å². The fourth-order valence-electron chi connectivity index (χ4n) is 1.07. The molecule has 0 aromatic heterocycles. The zero-order chi connectivity index (χ0) is 8.10. The molecule has 0 saturated carbocycles. The summed E-state index contributed by atoms with van der Waals surface area (Å²) in [5.41, 5.74) is 0.984. The van der Waals surface area contributed by atoms with E-state index in [1.807, 2.05) is 31.2 Å². The van der Waals surface area contributed by atoms with Gasteiger partial charge in [0.2, 0.25) is 0 Å². The van der Waals surface area contributed by atoms with E-state index in [4.69, 9.17) is 0 Å². The van der Waals surface area contributed by atoms with Crippen molar-refractivity contribution >= 4 is 0 Å². The zero-order valence-corrected chi connectivity index (χ0v) is 6.68. The molecule has 0 saturated heterocycles. The molecule has 1 aromatic carbocycles. The Hall–Kier alpha value is -0.850. The van der Waals surface area contributed by atoms with Gasteiger partial charge in [-0.2, -0.15) is 0 Å². The highest BCUT2D eigenvalue weighted by Crippen LogP contribution is 2.18. The van der Waals surface area contributed by atoms with Gasteiger partial charge in [-0.1, -0.05) is 31.2 Å². The van der Waals surface area contributed by atoms with E-state index in [1.165, 1.54) is 0 Å². The summed E-state index contributed by atoms with van der Waals surface area (Å²) in [6.45, 7) is 1.71. The second-order valence-corrected chi connectivity index (χ2v) is 2.58. The highest BCUT2D eigenvalue weighted by molar-refractivity contribution is 5.17. The molecule has 0 amide bonds. The molecule has 0 fully saturated rings. The second-order valence-electron chi connectivity index (χ2n) is 2.58. The standard InChI is InChI=1S/C10H12F/c1-2-9(8-11)10-6-4-3-5-7-10/h3-6,9H,2,8H2,1H3. The molecule has 59 valence electrons. The average Bonchev–Trinajstić information content (AvgIpc) is 2.09.